The summed E-state index contributed by atoms with van der Waals surface area (Å²) in [5, 5.41) is 0. The molecule has 0 radical (unpaired) electrons. The molecule has 1 heterocycles. The molecule has 2 N–H and O–H groups in total. The number of nitrogens with two attached hydrogens (primary N) is 1. The van der Waals surface area contributed by atoms with E-state index in [2.05, 4.69) is 6.92 Å². The zero-order valence-corrected chi connectivity index (χ0v) is 12.9. The molecule has 1 unspecified atom stereocenters. The maximum atomic E-state index is 12.2. The molecule has 0 spiro atoms. The van der Waals surface area contributed by atoms with E-state index in [0.717, 1.165) is 38.6 Å². The Kier molecular flexibility index (Phi) is 7.59. The van der Waals surface area contributed by atoms with Gasteiger partial charge in [-0.2, -0.15) is 0 Å². The number of hydrogen-bond donors (Lipinski definition) is 1. The second-order valence-corrected chi connectivity index (χ2v) is 5.75. The highest BCUT2D eigenvalue weighted by Gasteiger charge is 2.23. The van der Waals surface area contributed by atoms with Crippen LogP contribution in [0.3, 0.4) is 0 Å². The molecule has 116 valence electrons. The minimum Gasteiger partial charge on any atom is -0.344 e. The number of rotatable bonds is 7. The number of nitrogens with zero attached hydrogens (tertiary/aromatic N) is 2. The van der Waals surface area contributed by atoms with Gasteiger partial charge in [0.15, 0.2) is 0 Å². The van der Waals surface area contributed by atoms with Crippen molar-refractivity contribution in [3.63, 3.8) is 0 Å². The van der Waals surface area contributed by atoms with Crippen LogP contribution in [-0.2, 0) is 9.59 Å². The fraction of sp³-hybridized carbons (Fsp3) is 0.867. The van der Waals surface area contributed by atoms with Gasteiger partial charge < -0.3 is 15.5 Å². The highest BCUT2D eigenvalue weighted by Crippen LogP contribution is 2.18. The molecule has 1 aliphatic heterocycles. The van der Waals surface area contributed by atoms with E-state index in [9.17, 15) is 9.59 Å². The van der Waals surface area contributed by atoms with Crippen LogP contribution in [0.2, 0.25) is 0 Å². The van der Waals surface area contributed by atoms with E-state index in [4.69, 9.17) is 5.73 Å². The molecular weight excluding hydrogens is 254 g/mol. The highest BCUT2D eigenvalue weighted by atomic mass is 16.2. The van der Waals surface area contributed by atoms with Gasteiger partial charge in [-0.05, 0) is 31.7 Å². The van der Waals surface area contributed by atoms with Crippen molar-refractivity contribution in [2.45, 2.75) is 45.4 Å². The van der Waals surface area contributed by atoms with Gasteiger partial charge in [-0.1, -0.05) is 19.8 Å². The predicted octanol–water partition coefficient (Wildman–Crippen LogP) is 1.22. The van der Waals surface area contributed by atoms with Crippen LogP contribution >= 0.6 is 0 Å². The third kappa shape index (κ3) is 5.49. The van der Waals surface area contributed by atoms with Gasteiger partial charge in [0.2, 0.25) is 11.8 Å². The van der Waals surface area contributed by atoms with Crippen molar-refractivity contribution in [3.05, 3.63) is 0 Å². The molecule has 20 heavy (non-hydrogen) atoms. The summed E-state index contributed by atoms with van der Waals surface area (Å²) < 4.78 is 0. The van der Waals surface area contributed by atoms with E-state index in [-0.39, 0.29) is 18.4 Å². The van der Waals surface area contributed by atoms with E-state index < -0.39 is 0 Å². The topological polar surface area (TPSA) is 66.6 Å². The lowest BCUT2D eigenvalue weighted by atomic mass is 9.94. The first-order chi connectivity index (χ1) is 9.58. The second-order valence-electron chi connectivity index (χ2n) is 5.75. The molecule has 0 saturated carbocycles. The van der Waals surface area contributed by atoms with Crippen LogP contribution in [0.15, 0.2) is 0 Å². The minimum absolute atomic E-state index is 0.0444. The van der Waals surface area contributed by atoms with E-state index >= 15 is 0 Å². The maximum absolute atomic E-state index is 12.2. The Hall–Kier alpha value is -1.10. The van der Waals surface area contributed by atoms with Crippen LogP contribution in [-0.4, -0.2) is 54.8 Å². The molecule has 0 aromatic carbocycles. The molecule has 1 rings (SSSR count). The first kappa shape index (κ1) is 17.0. The van der Waals surface area contributed by atoms with Crippen molar-refractivity contribution in [3.8, 4) is 0 Å². The van der Waals surface area contributed by atoms with Crippen molar-refractivity contribution in [1.29, 1.82) is 0 Å². The van der Waals surface area contributed by atoms with Gasteiger partial charge in [0.25, 0.3) is 0 Å². The number of likely N-dealkylation sites (N-methyl/N-ethyl adjacent to an activating group) is 1. The fourth-order valence-corrected chi connectivity index (χ4v) is 2.76. The van der Waals surface area contributed by atoms with Crippen LogP contribution in [0, 0.1) is 5.92 Å². The molecule has 1 saturated heterocycles. The van der Waals surface area contributed by atoms with Gasteiger partial charge in [0.05, 0.1) is 6.54 Å². The van der Waals surface area contributed by atoms with E-state index in [1.54, 1.807) is 16.8 Å². The Morgan fingerprint density at radius 1 is 1.30 bits per heavy atom. The van der Waals surface area contributed by atoms with E-state index in [1.165, 1.54) is 0 Å². The third-order valence-electron chi connectivity index (χ3n) is 4.06. The summed E-state index contributed by atoms with van der Waals surface area (Å²) in [6.45, 7) is 4.53. The maximum Gasteiger partial charge on any atom is 0.241 e. The number of amides is 2. The van der Waals surface area contributed by atoms with Crippen molar-refractivity contribution in [2.24, 2.45) is 11.7 Å². The lowest BCUT2D eigenvalue weighted by molar-refractivity contribution is -0.138. The Morgan fingerprint density at radius 2 is 2.05 bits per heavy atom. The van der Waals surface area contributed by atoms with Crippen LogP contribution in [0.5, 0.6) is 0 Å². The Balaban J connectivity index is 2.42. The van der Waals surface area contributed by atoms with Crippen molar-refractivity contribution < 1.29 is 9.59 Å². The molecule has 1 fully saturated rings. The van der Waals surface area contributed by atoms with E-state index in [1.807, 2.05) is 0 Å². The molecule has 1 aliphatic rings. The third-order valence-corrected chi connectivity index (χ3v) is 4.06. The summed E-state index contributed by atoms with van der Waals surface area (Å²) >= 11 is 0. The monoisotopic (exact) mass is 283 g/mol. The van der Waals surface area contributed by atoms with Gasteiger partial charge in [-0.15, -0.1) is 0 Å². The fourth-order valence-electron chi connectivity index (χ4n) is 2.76. The number of carbonyl (C=O) groups is 2. The summed E-state index contributed by atoms with van der Waals surface area (Å²) in [6, 6.07) is 0. The summed E-state index contributed by atoms with van der Waals surface area (Å²) in [4.78, 5) is 27.5. The van der Waals surface area contributed by atoms with Crippen LogP contribution in [0.1, 0.15) is 45.4 Å². The molecule has 2 amide bonds. The molecule has 0 aromatic heterocycles. The SMILES string of the molecule is CCCC(CCN)CCC(=O)N1CCCN(C)C(=O)C1. The van der Waals surface area contributed by atoms with Crippen LogP contribution in [0.4, 0.5) is 0 Å². The Labute approximate surface area is 122 Å². The second kappa shape index (κ2) is 8.95. The summed E-state index contributed by atoms with van der Waals surface area (Å²) in [7, 11) is 1.80. The molecule has 5 heteroatoms. The molecule has 0 aliphatic carbocycles. The van der Waals surface area contributed by atoms with Crippen LogP contribution in [0.25, 0.3) is 0 Å². The molecule has 0 bridgehead atoms. The summed E-state index contributed by atoms with van der Waals surface area (Å²) in [5.41, 5.74) is 5.62. The van der Waals surface area contributed by atoms with Crippen molar-refractivity contribution in [2.75, 3.05) is 33.2 Å². The standard InChI is InChI=1S/C15H29N3O2/c1-3-5-13(8-9-16)6-7-14(19)18-11-4-10-17(2)15(20)12-18/h13H,3-12,16H2,1-2H3. The van der Waals surface area contributed by atoms with Gasteiger partial charge in [-0.3, -0.25) is 9.59 Å². The van der Waals surface area contributed by atoms with Crippen LogP contribution < -0.4 is 5.73 Å². The quantitative estimate of drug-likeness (QED) is 0.764. The predicted molar refractivity (Wildman–Crippen MR) is 80.1 cm³/mol. The molecule has 1 atom stereocenters. The summed E-state index contributed by atoms with van der Waals surface area (Å²) in [6.07, 6.45) is 5.56. The number of hydrogen-bond acceptors (Lipinski definition) is 3. The van der Waals surface area contributed by atoms with Gasteiger partial charge in [0.1, 0.15) is 0 Å². The molecular formula is C15H29N3O2. The average Bonchev–Trinajstić information content (AvgIpc) is 2.59. The largest absolute Gasteiger partial charge is 0.344 e. The van der Waals surface area contributed by atoms with Gasteiger partial charge in [-0.25, -0.2) is 0 Å². The lowest BCUT2D eigenvalue weighted by Gasteiger charge is -2.21. The van der Waals surface area contributed by atoms with Crippen molar-refractivity contribution >= 4 is 11.8 Å². The first-order valence-corrected chi connectivity index (χ1v) is 7.80. The average molecular weight is 283 g/mol. The lowest BCUT2D eigenvalue weighted by Crippen LogP contribution is -2.38. The van der Waals surface area contributed by atoms with E-state index in [0.29, 0.717) is 25.4 Å². The zero-order chi connectivity index (χ0) is 15.0. The first-order valence-electron chi connectivity index (χ1n) is 7.80. The normalized spacial score (nSPS) is 18.1. The Morgan fingerprint density at radius 3 is 2.70 bits per heavy atom. The van der Waals surface area contributed by atoms with Gasteiger partial charge in [0, 0.05) is 26.6 Å². The Bertz CT molecular complexity index is 314. The smallest absolute Gasteiger partial charge is 0.241 e. The zero-order valence-electron chi connectivity index (χ0n) is 12.9. The molecule has 5 nitrogen and oxygen atoms in total. The minimum atomic E-state index is 0.0444. The number of carbonyl (C=O) groups excluding carboxylic acids is 2. The highest BCUT2D eigenvalue weighted by molar-refractivity contribution is 5.85. The summed E-state index contributed by atoms with van der Waals surface area (Å²) in [5.74, 6) is 0.703. The van der Waals surface area contributed by atoms with Crippen molar-refractivity contribution in [1.82, 2.24) is 9.80 Å². The molecule has 0 aromatic rings. The van der Waals surface area contributed by atoms with Gasteiger partial charge >= 0.3 is 0 Å².